The number of hydrogen-bond acceptors (Lipinski definition) is 1. The van der Waals surface area contributed by atoms with E-state index in [1.54, 1.807) is 0 Å². The Bertz CT molecular complexity index is 3210. The maximum absolute atomic E-state index is 2.43. The van der Waals surface area contributed by atoms with Gasteiger partial charge < -0.3 is 4.57 Å². The first-order chi connectivity index (χ1) is 27.3. The van der Waals surface area contributed by atoms with Crippen LogP contribution in [0.25, 0.3) is 79.8 Å². The van der Waals surface area contributed by atoms with Crippen LogP contribution in [0.5, 0.6) is 0 Å². The smallest absolute Gasteiger partial charge is 0.0602 e. The second-order valence-electron chi connectivity index (χ2n) is 14.2. The van der Waals surface area contributed by atoms with Crippen LogP contribution in [0, 0.1) is 0 Å². The number of para-hydroxylation sites is 3. The third-order valence-electron chi connectivity index (χ3n) is 11.0. The summed E-state index contributed by atoms with van der Waals surface area (Å²) in [6.45, 7) is 0. The molecule has 9 aromatic carbocycles. The quantitative estimate of drug-likeness (QED) is 0.153. The molecule has 0 aliphatic carbocycles. The van der Waals surface area contributed by atoms with Gasteiger partial charge in [0.15, 0.2) is 0 Å². The van der Waals surface area contributed by atoms with Crippen LogP contribution in [0.2, 0.25) is 0 Å². The predicted octanol–water partition coefficient (Wildman–Crippen LogP) is 14.1. The van der Waals surface area contributed by atoms with Gasteiger partial charge in [0.2, 0.25) is 0 Å². The minimum Gasteiger partial charge on any atom is -0.0602 e. The summed E-state index contributed by atoms with van der Waals surface area (Å²) < 4.78 is 5.32. The first kappa shape index (κ1) is 31.8. The van der Waals surface area contributed by atoms with E-state index in [9.17, 15) is 0 Å². The number of fused-ring (bicyclic) bond motifs is 7. The number of aromatic nitrogens is 1. The zero-order valence-corrected chi connectivity index (χ0v) is 31.6. The van der Waals surface area contributed by atoms with Crippen LogP contribution in [-0.2, 0) is 0 Å². The van der Waals surface area contributed by atoms with Crippen molar-refractivity contribution in [1.29, 1.82) is 0 Å². The van der Waals surface area contributed by atoms with E-state index in [1.165, 1.54) is 74.1 Å². The molecular weight excluding hydrogens is 732 g/mol. The fourth-order valence-corrected chi connectivity index (χ4v) is 10.6. The van der Waals surface area contributed by atoms with Gasteiger partial charge in [0, 0.05) is 11.1 Å². The zero-order valence-electron chi connectivity index (χ0n) is 29.9. The molecule has 55 heavy (non-hydrogen) atoms. The van der Waals surface area contributed by atoms with Crippen molar-refractivity contribution in [2.24, 2.45) is 0 Å². The van der Waals surface area contributed by atoms with Gasteiger partial charge in [-0.15, -0.1) is 0 Å². The molecule has 0 amide bonds. The van der Waals surface area contributed by atoms with Crippen molar-refractivity contribution < 1.29 is 0 Å². The molecule has 0 spiro atoms. The average molecular weight is 766 g/mol. The van der Waals surface area contributed by atoms with E-state index in [-0.39, 0.29) is 0 Å². The van der Waals surface area contributed by atoms with Gasteiger partial charge in [-0.2, -0.15) is 0 Å². The molecule has 0 saturated heterocycles. The first-order valence-corrected chi connectivity index (χ1v) is 20.5. The number of benzene rings is 9. The molecular formula is C52H34N2Se. The van der Waals surface area contributed by atoms with Crippen LogP contribution in [0.3, 0.4) is 0 Å². The monoisotopic (exact) mass is 766 g/mol. The van der Waals surface area contributed by atoms with Crippen molar-refractivity contribution in [3.05, 3.63) is 206 Å². The second-order valence-corrected chi connectivity index (χ2v) is 16.4. The van der Waals surface area contributed by atoms with Crippen LogP contribution < -0.4 is 4.90 Å². The Hall–Kier alpha value is -6.64. The van der Waals surface area contributed by atoms with E-state index in [2.05, 4.69) is 216 Å². The Morgan fingerprint density at radius 1 is 0.364 bits per heavy atom. The fraction of sp³-hybridized carbons (Fsp3) is 0. The standard InChI is InChI=1S/C52H34N2Se/c1-2-14-40(15-3-1)54-49-20-10-7-17-44(49)46-34-42(29-30-50(46)54)53(48-19-9-6-16-43(48)39-23-22-35-12-4-5-13-37(35)32-39)41-27-24-36(25-28-41)38-26-31-52-47(33-38)45-18-8-11-21-51(45)55-52/h1-34H. The third-order valence-corrected chi connectivity index (χ3v) is 13.4. The summed E-state index contributed by atoms with van der Waals surface area (Å²) >= 11 is 0.363. The molecule has 0 atom stereocenters. The van der Waals surface area contributed by atoms with Gasteiger partial charge in [0.1, 0.15) is 0 Å². The topological polar surface area (TPSA) is 8.17 Å². The Morgan fingerprint density at radius 2 is 1.02 bits per heavy atom. The molecule has 2 heterocycles. The molecule has 0 aliphatic rings. The van der Waals surface area contributed by atoms with Gasteiger partial charge >= 0.3 is 187 Å². The van der Waals surface area contributed by atoms with Crippen molar-refractivity contribution in [3.63, 3.8) is 0 Å². The number of hydrogen-bond donors (Lipinski definition) is 0. The molecule has 0 bridgehead atoms. The molecule has 3 heteroatoms. The summed E-state index contributed by atoms with van der Waals surface area (Å²) in [5, 5.41) is 7.71. The summed E-state index contributed by atoms with van der Waals surface area (Å²) in [4.78, 5) is 2.43. The Labute approximate surface area is 325 Å². The molecule has 0 fully saturated rings. The summed E-state index contributed by atoms with van der Waals surface area (Å²) in [6.07, 6.45) is 0. The zero-order chi connectivity index (χ0) is 36.3. The normalized spacial score (nSPS) is 11.6. The van der Waals surface area contributed by atoms with Gasteiger partial charge in [-0.25, -0.2) is 0 Å². The molecule has 258 valence electrons. The SMILES string of the molecule is c1ccc(-n2c3ccccc3c3cc(N(c4ccc(-c5ccc6[se]c7ccccc7c6c5)cc4)c4ccccc4-c4ccc5ccccc5c4)ccc32)cc1. The van der Waals surface area contributed by atoms with Gasteiger partial charge in [-0.3, -0.25) is 0 Å². The van der Waals surface area contributed by atoms with E-state index in [0.29, 0.717) is 14.5 Å². The molecule has 2 nitrogen and oxygen atoms in total. The number of nitrogens with zero attached hydrogens (tertiary/aromatic N) is 2. The van der Waals surface area contributed by atoms with Crippen molar-refractivity contribution in [2.45, 2.75) is 0 Å². The van der Waals surface area contributed by atoms with Gasteiger partial charge in [0.25, 0.3) is 0 Å². The Morgan fingerprint density at radius 3 is 1.91 bits per heavy atom. The van der Waals surface area contributed by atoms with Crippen LogP contribution in [0.4, 0.5) is 17.1 Å². The van der Waals surface area contributed by atoms with Crippen molar-refractivity contribution in [1.82, 2.24) is 4.57 Å². The summed E-state index contributed by atoms with van der Waals surface area (Å²) in [5.74, 6) is 0. The maximum atomic E-state index is 2.43. The van der Waals surface area contributed by atoms with Crippen LogP contribution in [0.15, 0.2) is 206 Å². The Kier molecular flexibility index (Phi) is 7.55. The van der Waals surface area contributed by atoms with Crippen LogP contribution in [0.1, 0.15) is 0 Å². The molecule has 2 aromatic heterocycles. The molecule has 0 aliphatic heterocycles. The van der Waals surface area contributed by atoms with E-state index in [1.807, 2.05) is 0 Å². The van der Waals surface area contributed by atoms with Crippen molar-refractivity contribution in [2.75, 3.05) is 4.90 Å². The molecule has 0 saturated carbocycles. The van der Waals surface area contributed by atoms with Gasteiger partial charge in [-0.05, 0) is 35.0 Å². The Balaban J connectivity index is 1.10. The predicted molar refractivity (Wildman–Crippen MR) is 236 cm³/mol. The molecule has 11 aromatic rings. The average Bonchev–Trinajstić information content (AvgIpc) is 3.79. The van der Waals surface area contributed by atoms with Crippen LogP contribution >= 0.6 is 0 Å². The minimum atomic E-state index is 0.363. The summed E-state index contributed by atoms with van der Waals surface area (Å²) in [6, 6.07) is 75.7. The fourth-order valence-electron chi connectivity index (χ4n) is 8.36. The van der Waals surface area contributed by atoms with Gasteiger partial charge in [-0.1, -0.05) is 78.9 Å². The molecule has 11 rings (SSSR count). The first-order valence-electron chi connectivity index (χ1n) is 18.8. The molecule has 0 unspecified atom stereocenters. The van der Waals surface area contributed by atoms with E-state index < -0.39 is 0 Å². The van der Waals surface area contributed by atoms with Gasteiger partial charge in [0.05, 0.1) is 11.0 Å². The molecule has 0 radical (unpaired) electrons. The van der Waals surface area contributed by atoms with E-state index >= 15 is 0 Å². The van der Waals surface area contributed by atoms with E-state index in [4.69, 9.17) is 0 Å². The number of rotatable bonds is 6. The van der Waals surface area contributed by atoms with E-state index in [0.717, 1.165) is 22.7 Å². The minimum absolute atomic E-state index is 0.363. The van der Waals surface area contributed by atoms with Crippen molar-refractivity contribution >= 4 is 83.4 Å². The second kappa shape index (κ2) is 13.0. The van der Waals surface area contributed by atoms with Crippen LogP contribution in [-0.4, -0.2) is 19.1 Å². The van der Waals surface area contributed by atoms with Crippen molar-refractivity contribution in [3.8, 4) is 27.9 Å². The third kappa shape index (κ3) is 5.40. The summed E-state index contributed by atoms with van der Waals surface area (Å²) in [5.41, 5.74) is 11.7. The summed E-state index contributed by atoms with van der Waals surface area (Å²) in [7, 11) is 0. The molecule has 0 N–H and O–H groups in total. The number of anilines is 3.